The Balaban J connectivity index is 1.69. The lowest BCUT2D eigenvalue weighted by molar-refractivity contribution is -0.0106. The maximum Gasteiger partial charge on any atom is 0.231 e. The highest BCUT2D eigenvalue weighted by molar-refractivity contribution is 5.44. The SMILES string of the molecule is Cc1ccc(CN(Cc2ccc3c(c2)OCO3)CC(O)COC(C)C)cc1. The molecule has 1 unspecified atom stereocenters. The third-order valence-electron chi connectivity index (χ3n) is 4.46. The Kier molecular flexibility index (Phi) is 6.72. The van der Waals surface area contributed by atoms with Crippen molar-refractivity contribution in [1.29, 1.82) is 0 Å². The monoisotopic (exact) mass is 371 g/mol. The number of hydrogen-bond acceptors (Lipinski definition) is 5. The van der Waals surface area contributed by atoms with Gasteiger partial charge in [-0.1, -0.05) is 35.9 Å². The maximum absolute atomic E-state index is 10.4. The van der Waals surface area contributed by atoms with E-state index in [9.17, 15) is 5.11 Å². The number of nitrogens with zero attached hydrogens (tertiary/aromatic N) is 1. The van der Waals surface area contributed by atoms with Crippen molar-refractivity contribution < 1.29 is 19.3 Å². The molecule has 0 spiro atoms. The fourth-order valence-corrected chi connectivity index (χ4v) is 3.09. The smallest absolute Gasteiger partial charge is 0.231 e. The molecule has 3 rings (SSSR count). The molecule has 0 saturated heterocycles. The second-order valence-corrected chi connectivity index (χ2v) is 7.38. The van der Waals surface area contributed by atoms with Gasteiger partial charge in [-0.3, -0.25) is 4.90 Å². The van der Waals surface area contributed by atoms with E-state index in [1.54, 1.807) is 0 Å². The molecule has 5 heteroatoms. The highest BCUT2D eigenvalue weighted by Crippen LogP contribution is 2.33. The zero-order valence-corrected chi connectivity index (χ0v) is 16.4. The minimum atomic E-state index is -0.535. The van der Waals surface area contributed by atoms with Crippen molar-refractivity contribution in [3.05, 3.63) is 59.2 Å². The second-order valence-electron chi connectivity index (χ2n) is 7.38. The second kappa shape index (κ2) is 9.22. The lowest BCUT2D eigenvalue weighted by Gasteiger charge is -2.26. The summed E-state index contributed by atoms with van der Waals surface area (Å²) in [6.07, 6.45) is -0.425. The third-order valence-corrected chi connectivity index (χ3v) is 4.46. The molecule has 2 aromatic rings. The minimum absolute atomic E-state index is 0.110. The highest BCUT2D eigenvalue weighted by Gasteiger charge is 2.17. The number of ether oxygens (including phenoxy) is 3. The molecule has 0 saturated carbocycles. The predicted octanol–water partition coefficient (Wildman–Crippen LogP) is 3.51. The Morgan fingerprint density at radius 3 is 2.41 bits per heavy atom. The van der Waals surface area contributed by atoms with Crippen LogP contribution in [-0.2, 0) is 17.8 Å². The number of benzene rings is 2. The lowest BCUT2D eigenvalue weighted by Crippen LogP contribution is -2.34. The first-order chi connectivity index (χ1) is 13.0. The van der Waals surface area contributed by atoms with Crippen LogP contribution in [-0.4, -0.2) is 42.2 Å². The quantitative estimate of drug-likeness (QED) is 0.731. The first-order valence-electron chi connectivity index (χ1n) is 9.45. The predicted molar refractivity (Wildman–Crippen MR) is 105 cm³/mol. The molecule has 2 aromatic carbocycles. The molecule has 1 aliphatic heterocycles. The van der Waals surface area contributed by atoms with E-state index in [-0.39, 0.29) is 12.9 Å². The Labute approximate surface area is 161 Å². The van der Waals surface area contributed by atoms with Gasteiger partial charge in [0.2, 0.25) is 6.79 Å². The fraction of sp³-hybridized carbons (Fsp3) is 0.455. The summed E-state index contributed by atoms with van der Waals surface area (Å²) in [6, 6.07) is 14.5. The summed E-state index contributed by atoms with van der Waals surface area (Å²) in [6.45, 7) is 8.65. The molecule has 1 atom stereocenters. The zero-order valence-electron chi connectivity index (χ0n) is 16.4. The molecular formula is C22H29NO4. The van der Waals surface area contributed by atoms with Crippen LogP contribution in [0.25, 0.3) is 0 Å². The van der Waals surface area contributed by atoms with Gasteiger partial charge >= 0.3 is 0 Å². The fourth-order valence-electron chi connectivity index (χ4n) is 3.09. The van der Waals surface area contributed by atoms with E-state index in [4.69, 9.17) is 14.2 Å². The van der Waals surface area contributed by atoms with Crippen LogP contribution >= 0.6 is 0 Å². The van der Waals surface area contributed by atoms with Crippen LogP contribution < -0.4 is 9.47 Å². The van der Waals surface area contributed by atoms with E-state index in [0.717, 1.165) is 23.6 Å². The first kappa shape index (κ1) is 19.7. The summed E-state index contributed by atoms with van der Waals surface area (Å²) < 4.78 is 16.4. The summed E-state index contributed by atoms with van der Waals surface area (Å²) in [5.74, 6) is 1.57. The van der Waals surface area contributed by atoms with Crippen molar-refractivity contribution in [2.45, 2.75) is 46.1 Å². The van der Waals surface area contributed by atoms with Crippen molar-refractivity contribution >= 4 is 0 Å². The van der Waals surface area contributed by atoms with Crippen LogP contribution in [0, 0.1) is 6.92 Å². The number of rotatable bonds is 9. The van der Waals surface area contributed by atoms with Gasteiger partial charge in [0.25, 0.3) is 0 Å². The zero-order chi connectivity index (χ0) is 19.2. The van der Waals surface area contributed by atoms with Crippen molar-refractivity contribution in [3.63, 3.8) is 0 Å². The summed E-state index contributed by atoms with van der Waals surface area (Å²) in [5, 5.41) is 10.4. The molecule has 1 heterocycles. The molecular weight excluding hydrogens is 342 g/mol. The number of hydrogen-bond donors (Lipinski definition) is 1. The van der Waals surface area contributed by atoms with E-state index >= 15 is 0 Å². The maximum atomic E-state index is 10.4. The Morgan fingerprint density at radius 1 is 1.00 bits per heavy atom. The van der Waals surface area contributed by atoms with Crippen molar-refractivity contribution in [2.75, 3.05) is 19.9 Å². The van der Waals surface area contributed by atoms with Crippen LogP contribution in [0.15, 0.2) is 42.5 Å². The van der Waals surface area contributed by atoms with E-state index < -0.39 is 6.10 Å². The molecule has 0 aromatic heterocycles. The van der Waals surface area contributed by atoms with Crippen LogP contribution in [0.1, 0.15) is 30.5 Å². The molecule has 1 N–H and O–H groups in total. The number of aryl methyl sites for hydroxylation is 1. The van der Waals surface area contributed by atoms with Crippen LogP contribution in [0.4, 0.5) is 0 Å². The molecule has 146 valence electrons. The first-order valence-corrected chi connectivity index (χ1v) is 9.45. The van der Waals surface area contributed by atoms with E-state index in [0.29, 0.717) is 19.7 Å². The normalized spacial score (nSPS) is 14.1. The van der Waals surface area contributed by atoms with Crippen LogP contribution in [0.2, 0.25) is 0 Å². The molecule has 1 aliphatic rings. The number of fused-ring (bicyclic) bond motifs is 1. The molecule has 0 bridgehead atoms. The summed E-state index contributed by atoms with van der Waals surface area (Å²) in [5.41, 5.74) is 3.59. The van der Waals surface area contributed by atoms with Gasteiger partial charge in [-0.2, -0.15) is 0 Å². The van der Waals surface area contributed by atoms with Crippen LogP contribution in [0.3, 0.4) is 0 Å². The molecule has 0 fully saturated rings. The lowest BCUT2D eigenvalue weighted by atomic mass is 10.1. The van der Waals surface area contributed by atoms with E-state index in [1.807, 2.05) is 32.0 Å². The van der Waals surface area contributed by atoms with Crippen LogP contribution in [0.5, 0.6) is 11.5 Å². The third kappa shape index (κ3) is 5.96. The number of aliphatic hydroxyl groups excluding tert-OH is 1. The van der Waals surface area contributed by atoms with Gasteiger partial charge in [0, 0.05) is 19.6 Å². The molecule has 0 radical (unpaired) electrons. The summed E-state index contributed by atoms with van der Waals surface area (Å²) >= 11 is 0. The van der Waals surface area contributed by atoms with Gasteiger partial charge in [-0.25, -0.2) is 0 Å². The largest absolute Gasteiger partial charge is 0.454 e. The highest BCUT2D eigenvalue weighted by atomic mass is 16.7. The summed E-state index contributed by atoms with van der Waals surface area (Å²) in [7, 11) is 0. The average Bonchev–Trinajstić information content (AvgIpc) is 3.09. The molecule has 27 heavy (non-hydrogen) atoms. The van der Waals surface area contributed by atoms with Gasteiger partial charge in [-0.15, -0.1) is 0 Å². The van der Waals surface area contributed by atoms with E-state index in [2.05, 4.69) is 36.1 Å². The molecule has 5 nitrogen and oxygen atoms in total. The average molecular weight is 371 g/mol. The Bertz CT molecular complexity index is 730. The minimum Gasteiger partial charge on any atom is -0.454 e. The molecule has 0 aliphatic carbocycles. The number of aliphatic hydroxyl groups is 1. The standard InChI is InChI=1S/C22H29NO4/c1-16(2)25-14-20(24)13-23(11-18-6-4-17(3)5-7-18)12-19-8-9-21-22(10-19)27-15-26-21/h4-10,16,20,24H,11-15H2,1-3H3. The van der Waals surface area contributed by atoms with Crippen molar-refractivity contribution in [1.82, 2.24) is 4.90 Å². The van der Waals surface area contributed by atoms with Crippen molar-refractivity contribution in [2.24, 2.45) is 0 Å². The summed E-state index contributed by atoms with van der Waals surface area (Å²) in [4.78, 5) is 2.23. The molecule has 0 amide bonds. The van der Waals surface area contributed by atoms with Gasteiger partial charge in [-0.05, 0) is 44.0 Å². The van der Waals surface area contributed by atoms with Crippen molar-refractivity contribution in [3.8, 4) is 11.5 Å². The Hall–Kier alpha value is -2.08. The van der Waals surface area contributed by atoms with E-state index in [1.165, 1.54) is 11.1 Å². The van der Waals surface area contributed by atoms with Gasteiger partial charge in [0.15, 0.2) is 11.5 Å². The van der Waals surface area contributed by atoms with Gasteiger partial charge in [0.05, 0.1) is 18.8 Å². The van der Waals surface area contributed by atoms with Gasteiger partial charge in [0.1, 0.15) is 0 Å². The van der Waals surface area contributed by atoms with Gasteiger partial charge < -0.3 is 19.3 Å². The topological polar surface area (TPSA) is 51.2 Å². The Morgan fingerprint density at radius 2 is 1.67 bits per heavy atom.